The molecule has 1 atom stereocenters. The van der Waals surface area contributed by atoms with E-state index in [1.807, 2.05) is 44.2 Å². The first kappa shape index (κ1) is 29.8. The lowest BCUT2D eigenvalue weighted by Crippen LogP contribution is -2.52. The maximum atomic E-state index is 15.0. The number of sulfonamides is 1. The summed E-state index contributed by atoms with van der Waals surface area (Å²) < 4.78 is 43.3. The standard InChI is InChI=1S/C30H36FN3O4S/c1-4-6-20-32-30(36)27(5-2)33(21-24-12-8-7-9-13-24)29(35)22-34(28-15-11-10-14-26(28)31)39(37,38)25-18-16-23(3)17-19-25/h7-19,27H,4-6,20-22H2,1-3H3,(H,32,36). The molecule has 7 nitrogen and oxygen atoms in total. The Morgan fingerprint density at radius 3 is 2.18 bits per heavy atom. The molecule has 0 fully saturated rings. The normalized spacial score (nSPS) is 12.0. The average Bonchev–Trinajstić information content (AvgIpc) is 2.93. The lowest BCUT2D eigenvalue weighted by atomic mass is 10.1. The molecular weight excluding hydrogens is 517 g/mol. The first-order chi connectivity index (χ1) is 18.7. The zero-order chi connectivity index (χ0) is 28.4. The van der Waals surface area contributed by atoms with Crippen LogP contribution < -0.4 is 9.62 Å². The zero-order valence-corrected chi connectivity index (χ0v) is 23.5. The fourth-order valence-corrected chi connectivity index (χ4v) is 5.63. The Hall–Kier alpha value is -3.72. The minimum Gasteiger partial charge on any atom is -0.354 e. The summed E-state index contributed by atoms with van der Waals surface area (Å²) in [4.78, 5) is 28.4. The minimum absolute atomic E-state index is 0.0666. The third kappa shape index (κ3) is 7.66. The second kappa shape index (κ2) is 13.9. The van der Waals surface area contributed by atoms with Gasteiger partial charge in [-0.2, -0.15) is 0 Å². The van der Waals surface area contributed by atoms with E-state index in [1.165, 1.54) is 35.2 Å². The number of rotatable bonds is 13. The summed E-state index contributed by atoms with van der Waals surface area (Å²) in [5.41, 5.74) is 1.40. The lowest BCUT2D eigenvalue weighted by Gasteiger charge is -2.33. The molecule has 3 rings (SSSR count). The Bertz CT molecular complexity index is 1350. The number of para-hydroxylation sites is 1. The van der Waals surface area contributed by atoms with Gasteiger partial charge >= 0.3 is 0 Å². The molecule has 0 aliphatic heterocycles. The summed E-state index contributed by atoms with van der Waals surface area (Å²) in [6.45, 7) is 5.53. The Morgan fingerprint density at radius 1 is 0.923 bits per heavy atom. The maximum Gasteiger partial charge on any atom is 0.264 e. The van der Waals surface area contributed by atoms with Crippen LogP contribution >= 0.6 is 0 Å². The van der Waals surface area contributed by atoms with Crippen molar-refractivity contribution in [1.29, 1.82) is 0 Å². The molecule has 0 spiro atoms. The number of unbranched alkanes of at least 4 members (excludes halogenated alkanes) is 1. The number of hydrogen-bond acceptors (Lipinski definition) is 4. The van der Waals surface area contributed by atoms with E-state index in [4.69, 9.17) is 0 Å². The molecule has 0 aromatic heterocycles. The molecule has 3 aromatic rings. The van der Waals surface area contributed by atoms with Crippen molar-refractivity contribution in [3.63, 3.8) is 0 Å². The van der Waals surface area contributed by atoms with Crippen molar-refractivity contribution < 1.29 is 22.4 Å². The molecule has 0 heterocycles. The van der Waals surface area contributed by atoms with Gasteiger partial charge < -0.3 is 10.2 Å². The van der Waals surface area contributed by atoms with Crippen molar-refractivity contribution in [2.75, 3.05) is 17.4 Å². The van der Waals surface area contributed by atoms with Crippen LogP contribution in [0.5, 0.6) is 0 Å². The fourth-order valence-electron chi connectivity index (χ4n) is 4.21. The summed E-state index contributed by atoms with van der Waals surface area (Å²) in [7, 11) is -4.32. The molecule has 0 saturated carbocycles. The molecule has 1 N–H and O–H groups in total. The summed E-state index contributed by atoms with van der Waals surface area (Å²) in [6.07, 6.45) is 2.02. The highest BCUT2D eigenvalue weighted by Crippen LogP contribution is 2.27. The number of carbonyl (C=O) groups excluding carboxylic acids is 2. The molecule has 0 saturated heterocycles. The van der Waals surface area contributed by atoms with Crippen LogP contribution in [0.4, 0.5) is 10.1 Å². The van der Waals surface area contributed by atoms with Gasteiger partial charge in [0.1, 0.15) is 18.4 Å². The molecule has 39 heavy (non-hydrogen) atoms. The topological polar surface area (TPSA) is 86.8 Å². The van der Waals surface area contributed by atoms with Gasteiger partial charge in [0, 0.05) is 13.1 Å². The maximum absolute atomic E-state index is 15.0. The first-order valence-corrected chi connectivity index (χ1v) is 14.6. The SMILES string of the molecule is CCCCNC(=O)C(CC)N(Cc1ccccc1)C(=O)CN(c1ccccc1F)S(=O)(=O)c1ccc(C)cc1. The second-order valence-electron chi connectivity index (χ2n) is 9.35. The third-order valence-corrected chi connectivity index (χ3v) is 8.19. The average molecular weight is 554 g/mol. The highest BCUT2D eigenvalue weighted by molar-refractivity contribution is 7.92. The van der Waals surface area contributed by atoms with Crippen molar-refractivity contribution in [2.24, 2.45) is 0 Å². The fraction of sp³-hybridized carbons (Fsp3) is 0.333. The summed E-state index contributed by atoms with van der Waals surface area (Å²) in [5, 5.41) is 2.89. The molecule has 208 valence electrons. The van der Waals surface area contributed by atoms with Gasteiger partial charge in [0.15, 0.2) is 0 Å². The van der Waals surface area contributed by atoms with Crippen LogP contribution in [0, 0.1) is 12.7 Å². The van der Waals surface area contributed by atoms with E-state index < -0.39 is 34.3 Å². The molecule has 0 aliphatic rings. The Kier molecular flexibility index (Phi) is 10.6. The summed E-state index contributed by atoms with van der Waals surface area (Å²) in [6, 6.07) is 19.9. The number of amides is 2. The summed E-state index contributed by atoms with van der Waals surface area (Å²) in [5.74, 6) is -1.70. The van der Waals surface area contributed by atoms with Gasteiger partial charge in [-0.15, -0.1) is 0 Å². The second-order valence-corrected chi connectivity index (χ2v) is 11.2. The predicted octanol–water partition coefficient (Wildman–Crippen LogP) is 5.05. The van der Waals surface area contributed by atoms with Gasteiger partial charge in [0.05, 0.1) is 10.6 Å². The van der Waals surface area contributed by atoms with E-state index in [0.29, 0.717) is 13.0 Å². The molecular formula is C30H36FN3O4S. The van der Waals surface area contributed by atoms with Crippen LogP contribution in [0.1, 0.15) is 44.2 Å². The first-order valence-electron chi connectivity index (χ1n) is 13.1. The predicted molar refractivity (Wildman–Crippen MR) is 151 cm³/mol. The van der Waals surface area contributed by atoms with Crippen molar-refractivity contribution >= 4 is 27.5 Å². The number of benzene rings is 3. The number of carbonyl (C=O) groups is 2. The monoisotopic (exact) mass is 553 g/mol. The van der Waals surface area contributed by atoms with E-state index in [1.54, 1.807) is 19.1 Å². The van der Waals surface area contributed by atoms with Crippen LogP contribution in [-0.4, -0.2) is 44.3 Å². The van der Waals surface area contributed by atoms with E-state index in [2.05, 4.69) is 5.32 Å². The number of nitrogens with one attached hydrogen (secondary N) is 1. The molecule has 9 heteroatoms. The largest absolute Gasteiger partial charge is 0.354 e. The van der Waals surface area contributed by atoms with E-state index in [-0.39, 0.29) is 23.0 Å². The molecule has 1 unspecified atom stereocenters. The Labute approximate surface area is 230 Å². The van der Waals surface area contributed by atoms with Gasteiger partial charge in [-0.25, -0.2) is 12.8 Å². The number of nitrogens with zero attached hydrogens (tertiary/aromatic N) is 2. The number of aryl methyl sites for hydroxylation is 1. The number of anilines is 1. The van der Waals surface area contributed by atoms with Crippen molar-refractivity contribution in [2.45, 2.75) is 57.5 Å². The Balaban J connectivity index is 2.03. The van der Waals surface area contributed by atoms with E-state index in [0.717, 1.165) is 34.3 Å². The smallest absolute Gasteiger partial charge is 0.264 e. The van der Waals surface area contributed by atoms with Gasteiger partial charge in [0.25, 0.3) is 10.0 Å². The molecule has 0 radical (unpaired) electrons. The molecule has 0 aliphatic carbocycles. The van der Waals surface area contributed by atoms with E-state index >= 15 is 0 Å². The lowest BCUT2D eigenvalue weighted by molar-refractivity contribution is -0.140. The van der Waals surface area contributed by atoms with E-state index in [9.17, 15) is 22.4 Å². The Morgan fingerprint density at radius 2 is 1.56 bits per heavy atom. The summed E-state index contributed by atoms with van der Waals surface area (Å²) >= 11 is 0. The van der Waals surface area contributed by atoms with Crippen LogP contribution in [-0.2, 0) is 26.2 Å². The highest BCUT2D eigenvalue weighted by atomic mass is 32.2. The van der Waals surface area contributed by atoms with Crippen LogP contribution in [0.3, 0.4) is 0 Å². The quantitative estimate of drug-likeness (QED) is 0.300. The van der Waals surface area contributed by atoms with Crippen molar-refractivity contribution in [3.8, 4) is 0 Å². The van der Waals surface area contributed by atoms with Crippen molar-refractivity contribution in [3.05, 3.63) is 95.8 Å². The number of hydrogen-bond donors (Lipinski definition) is 1. The van der Waals surface area contributed by atoms with Crippen LogP contribution in [0.25, 0.3) is 0 Å². The minimum atomic E-state index is -4.32. The molecule has 2 amide bonds. The van der Waals surface area contributed by atoms with Crippen LogP contribution in [0.15, 0.2) is 83.8 Å². The zero-order valence-electron chi connectivity index (χ0n) is 22.6. The molecule has 3 aromatic carbocycles. The van der Waals surface area contributed by atoms with Crippen LogP contribution in [0.2, 0.25) is 0 Å². The number of halogens is 1. The van der Waals surface area contributed by atoms with Gasteiger partial charge in [0.2, 0.25) is 11.8 Å². The highest BCUT2D eigenvalue weighted by Gasteiger charge is 2.34. The van der Waals surface area contributed by atoms with Gasteiger partial charge in [-0.3, -0.25) is 13.9 Å². The van der Waals surface area contributed by atoms with Crippen molar-refractivity contribution in [1.82, 2.24) is 10.2 Å². The van der Waals surface area contributed by atoms with Gasteiger partial charge in [-0.05, 0) is 49.6 Å². The molecule has 0 bridgehead atoms. The van der Waals surface area contributed by atoms with Gasteiger partial charge in [-0.1, -0.05) is 80.4 Å². The third-order valence-electron chi connectivity index (χ3n) is 6.42.